The molecule has 2 N–H and O–H groups in total. The molecule has 1 aromatic rings. The van der Waals surface area contributed by atoms with Crippen molar-refractivity contribution < 1.29 is 14.3 Å². The van der Waals surface area contributed by atoms with E-state index in [1.54, 1.807) is 6.07 Å². The molecule has 1 aliphatic rings. The van der Waals surface area contributed by atoms with Gasteiger partial charge in [0.25, 0.3) is 6.47 Å². The minimum atomic E-state index is -0.250. The van der Waals surface area contributed by atoms with Crippen LogP contribution in [0, 0.1) is 12.7 Å². The summed E-state index contributed by atoms with van der Waals surface area (Å²) in [5.74, 6) is -0.102. The molecule has 88 valence electrons. The van der Waals surface area contributed by atoms with Crippen molar-refractivity contribution in [3.8, 4) is 0 Å². The lowest BCUT2D eigenvalue weighted by Gasteiger charge is -2.06. The molecule has 0 aliphatic heterocycles. The summed E-state index contributed by atoms with van der Waals surface area (Å²) in [5.41, 5.74) is 1.85. The number of hydrogen-bond acceptors (Lipinski definition) is 2. The van der Waals surface area contributed by atoms with Crippen LogP contribution in [0.3, 0.4) is 0 Å². The third kappa shape index (κ3) is 3.98. The van der Waals surface area contributed by atoms with E-state index in [1.165, 1.54) is 18.9 Å². The molecule has 1 aromatic carbocycles. The lowest BCUT2D eigenvalue weighted by atomic mass is 10.1. The predicted octanol–water partition coefficient (Wildman–Crippen LogP) is 2.09. The molecule has 0 spiro atoms. The first-order valence-corrected chi connectivity index (χ1v) is 5.24. The monoisotopic (exact) mass is 225 g/mol. The zero-order chi connectivity index (χ0) is 12.0. The molecule has 0 amide bonds. The van der Waals surface area contributed by atoms with Crippen molar-refractivity contribution >= 4 is 6.47 Å². The molecule has 3 nitrogen and oxygen atoms in total. The van der Waals surface area contributed by atoms with E-state index in [2.05, 4.69) is 5.32 Å². The average Bonchev–Trinajstić information content (AvgIpc) is 3.05. The van der Waals surface area contributed by atoms with Crippen LogP contribution in [0.4, 0.5) is 4.39 Å². The molecule has 0 bridgehead atoms. The number of carbonyl (C=O) groups is 1. The number of halogens is 1. The highest BCUT2D eigenvalue weighted by Crippen LogP contribution is 2.20. The van der Waals surface area contributed by atoms with Crippen LogP contribution in [-0.4, -0.2) is 17.6 Å². The van der Waals surface area contributed by atoms with E-state index >= 15 is 0 Å². The molecule has 0 radical (unpaired) electrons. The van der Waals surface area contributed by atoms with Crippen molar-refractivity contribution in [1.29, 1.82) is 0 Å². The topological polar surface area (TPSA) is 49.3 Å². The summed E-state index contributed by atoms with van der Waals surface area (Å²) >= 11 is 0. The summed E-state index contributed by atoms with van der Waals surface area (Å²) in [6, 6.07) is 5.94. The third-order valence-corrected chi connectivity index (χ3v) is 2.54. The van der Waals surface area contributed by atoms with Crippen LogP contribution in [0.15, 0.2) is 18.2 Å². The van der Waals surface area contributed by atoms with Crippen LogP contribution in [-0.2, 0) is 11.3 Å². The molecule has 0 unspecified atom stereocenters. The van der Waals surface area contributed by atoms with Gasteiger partial charge in [-0.25, -0.2) is 4.39 Å². The highest BCUT2D eigenvalue weighted by molar-refractivity contribution is 5.32. The summed E-state index contributed by atoms with van der Waals surface area (Å²) in [6.07, 6.45) is 2.54. The second kappa shape index (κ2) is 6.23. The van der Waals surface area contributed by atoms with E-state index in [1.807, 2.05) is 13.0 Å². The number of carboxylic acid groups (broad SMARTS) is 1. The summed E-state index contributed by atoms with van der Waals surface area (Å²) in [5, 5.41) is 10.3. The minimum absolute atomic E-state index is 0.102. The number of hydrogen-bond donors (Lipinski definition) is 2. The van der Waals surface area contributed by atoms with Crippen LogP contribution in [0.25, 0.3) is 0 Å². The smallest absolute Gasteiger partial charge is 0.290 e. The van der Waals surface area contributed by atoms with Gasteiger partial charge in [-0.05, 0) is 37.0 Å². The molecular formula is C12H16FNO2. The Morgan fingerprint density at radius 3 is 2.75 bits per heavy atom. The number of rotatable bonds is 3. The van der Waals surface area contributed by atoms with E-state index < -0.39 is 0 Å². The molecule has 16 heavy (non-hydrogen) atoms. The summed E-state index contributed by atoms with van der Waals surface area (Å²) in [6.45, 7) is 2.38. The Kier molecular flexibility index (Phi) is 4.92. The molecular weight excluding hydrogens is 209 g/mol. The van der Waals surface area contributed by atoms with Gasteiger partial charge in [0.05, 0.1) is 0 Å². The molecule has 0 heterocycles. The van der Waals surface area contributed by atoms with Gasteiger partial charge >= 0.3 is 0 Å². The van der Waals surface area contributed by atoms with Gasteiger partial charge in [-0.3, -0.25) is 4.79 Å². The summed E-state index contributed by atoms with van der Waals surface area (Å²) < 4.78 is 13.1. The van der Waals surface area contributed by atoms with E-state index in [-0.39, 0.29) is 12.3 Å². The zero-order valence-corrected chi connectivity index (χ0v) is 9.24. The Morgan fingerprint density at radius 1 is 1.56 bits per heavy atom. The molecule has 0 aromatic heterocycles. The average molecular weight is 225 g/mol. The maximum atomic E-state index is 13.1. The van der Waals surface area contributed by atoms with E-state index in [0.29, 0.717) is 6.04 Å². The maximum absolute atomic E-state index is 13.1. The molecule has 4 heteroatoms. The first-order chi connectivity index (χ1) is 7.69. The molecule has 0 atom stereocenters. The Labute approximate surface area is 94.3 Å². The van der Waals surface area contributed by atoms with Crippen LogP contribution >= 0.6 is 0 Å². The highest BCUT2D eigenvalue weighted by Gasteiger charge is 2.20. The van der Waals surface area contributed by atoms with Gasteiger partial charge in [0.1, 0.15) is 5.82 Å². The Bertz CT molecular complexity index is 351. The van der Waals surface area contributed by atoms with Gasteiger partial charge in [-0.15, -0.1) is 0 Å². The largest absolute Gasteiger partial charge is 0.483 e. The Hall–Kier alpha value is -1.42. The zero-order valence-electron chi connectivity index (χ0n) is 9.24. The van der Waals surface area contributed by atoms with Crippen molar-refractivity contribution in [2.45, 2.75) is 32.4 Å². The van der Waals surface area contributed by atoms with Crippen LogP contribution in [0.1, 0.15) is 24.0 Å². The molecule has 1 saturated carbocycles. The van der Waals surface area contributed by atoms with Crippen molar-refractivity contribution in [1.82, 2.24) is 5.32 Å². The SMILES string of the molecule is Cc1c(F)cccc1CNC1CC1.O=CO. The van der Waals surface area contributed by atoms with Crippen molar-refractivity contribution in [3.05, 3.63) is 35.1 Å². The van der Waals surface area contributed by atoms with E-state index in [0.717, 1.165) is 17.7 Å². The first-order valence-electron chi connectivity index (χ1n) is 5.24. The lowest BCUT2D eigenvalue weighted by Crippen LogP contribution is -2.16. The molecule has 1 aliphatic carbocycles. The summed E-state index contributed by atoms with van der Waals surface area (Å²) in [7, 11) is 0. The van der Waals surface area contributed by atoms with Gasteiger partial charge < -0.3 is 10.4 Å². The standard InChI is InChI=1S/C11H14FN.CH2O2/c1-8-9(3-2-4-11(8)12)7-13-10-5-6-10;2-1-3/h2-4,10,13H,5-7H2,1H3;1H,(H,2,3). The number of nitrogens with one attached hydrogen (secondary N) is 1. The highest BCUT2D eigenvalue weighted by atomic mass is 19.1. The van der Waals surface area contributed by atoms with Gasteiger partial charge in [0, 0.05) is 12.6 Å². The van der Waals surface area contributed by atoms with Crippen molar-refractivity contribution in [2.24, 2.45) is 0 Å². The quantitative estimate of drug-likeness (QED) is 0.774. The Balaban J connectivity index is 0.000000386. The van der Waals surface area contributed by atoms with Crippen molar-refractivity contribution in [3.63, 3.8) is 0 Å². The minimum Gasteiger partial charge on any atom is -0.483 e. The second-order valence-electron chi connectivity index (χ2n) is 3.78. The van der Waals surface area contributed by atoms with Gasteiger partial charge in [0.2, 0.25) is 0 Å². The first kappa shape index (κ1) is 12.6. The van der Waals surface area contributed by atoms with Crippen LogP contribution in [0.5, 0.6) is 0 Å². The Morgan fingerprint density at radius 2 is 2.19 bits per heavy atom. The van der Waals surface area contributed by atoms with Gasteiger partial charge in [-0.2, -0.15) is 0 Å². The number of benzene rings is 1. The lowest BCUT2D eigenvalue weighted by molar-refractivity contribution is -0.122. The second-order valence-corrected chi connectivity index (χ2v) is 3.78. The normalized spacial score (nSPS) is 13.9. The third-order valence-electron chi connectivity index (χ3n) is 2.54. The molecule has 2 rings (SSSR count). The fourth-order valence-corrected chi connectivity index (χ4v) is 1.39. The van der Waals surface area contributed by atoms with Crippen LogP contribution in [0.2, 0.25) is 0 Å². The fourth-order valence-electron chi connectivity index (χ4n) is 1.39. The predicted molar refractivity (Wildman–Crippen MR) is 59.7 cm³/mol. The molecule has 0 saturated heterocycles. The van der Waals surface area contributed by atoms with Gasteiger partial charge in [-0.1, -0.05) is 12.1 Å². The maximum Gasteiger partial charge on any atom is 0.290 e. The van der Waals surface area contributed by atoms with Gasteiger partial charge in [0.15, 0.2) is 0 Å². The summed E-state index contributed by atoms with van der Waals surface area (Å²) in [4.78, 5) is 8.36. The van der Waals surface area contributed by atoms with E-state index in [9.17, 15) is 4.39 Å². The van der Waals surface area contributed by atoms with Crippen LogP contribution < -0.4 is 5.32 Å². The van der Waals surface area contributed by atoms with E-state index in [4.69, 9.17) is 9.90 Å². The van der Waals surface area contributed by atoms with Crippen molar-refractivity contribution in [2.75, 3.05) is 0 Å². The molecule has 1 fully saturated rings. The fraction of sp³-hybridized carbons (Fsp3) is 0.417.